The number of rotatable bonds is 3. The van der Waals surface area contributed by atoms with Crippen LogP contribution < -0.4 is 10.2 Å². The normalized spacial score (nSPS) is 26.1. The number of aromatic nitrogens is 2. The van der Waals surface area contributed by atoms with Crippen LogP contribution in [0.15, 0.2) is 4.42 Å². The van der Waals surface area contributed by atoms with Gasteiger partial charge in [0.15, 0.2) is 0 Å². The summed E-state index contributed by atoms with van der Waals surface area (Å²) < 4.78 is 5.61. The number of nitrogens with one attached hydrogen (secondary N) is 1. The summed E-state index contributed by atoms with van der Waals surface area (Å²) in [6.45, 7) is 6.17. The van der Waals surface area contributed by atoms with E-state index in [0.29, 0.717) is 24.5 Å². The van der Waals surface area contributed by atoms with Crippen molar-refractivity contribution in [3.8, 4) is 0 Å². The van der Waals surface area contributed by atoms with Gasteiger partial charge < -0.3 is 14.6 Å². The second-order valence-corrected chi connectivity index (χ2v) is 4.68. The van der Waals surface area contributed by atoms with E-state index in [4.69, 9.17) is 4.42 Å². The summed E-state index contributed by atoms with van der Waals surface area (Å²) in [6, 6.07) is 1.16. The largest absolute Gasteiger partial charge is 0.407 e. The van der Waals surface area contributed by atoms with Crippen LogP contribution in [0.5, 0.6) is 0 Å². The van der Waals surface area contributed by atoms with Gasteiger partial charge in [-0.3, -0.25) is 0 Å². The maximum atomic E-state index is 5.61. The number of hydrogen-bond donors (Lipinski definition) is 1. The smallest absolute Gasteiger partial charge is 0.318 e. The van der Waals surface area contributed by atoms with E-state index in [1.165, 1.54) is 12.8 Å². The Kier molecular flexibility index (Phi) is 3.43. The van der Waals surface area contributed by atoms with Crippen molar-refractivity contribution in [2.45, 2.75) is 39.3 Å². The molecule has 1 fully saturated rings. The van der Waals surface area contributed by atoms with Crippen LogP contribution in [0.1, 0.15) is 32.6 Å². The molecule has 1 aliphatic rings. The monoisotopic (exact) mass is 224 g/mol. The zero-order valence-electron chi connectivity index (χ0n) is 10.2. The Morgan fingerprint density at radius 1 is 1.44 bits per heavy atom. The Bertz CT molecular complexity index is 338. The van der Waals surface area contributed by atoms with Crippen LogP contribution in [0, 0.1) is 5.92 Å². The molecule has 90 valence electrons. The maximum absolute atomic E-state index is 5.61. The molecule has 0 amide bonds. The van der Waals surface area contributed by atoms with Gasteiger partial charge in [-0.1, -0.05) is 12.0 Å². The van der Waals surface area contributed by atoms with Crippen molar-refractivity contribution < 1.29 is 4.42 Å². The number of nitrogens with zero attached hydrogens (tertiary/aromatic N) is 3. The first-order chi connectivity index (χ1) is 7.70. The minimum Gasteiger partial charge on any atom is -0.407 e. The van der Waals surface area contributed by atoms with Crippen molar-refractivity contribution in [3.63, 3.8) is 0 Å². The average molecular weight is 224 g/mol. The van der Waals surface area contributed by atoms with Crippen LogP contribution in [0.2, 0.25) is 0 Å². The molecular formula is C11H20N4O. The predicted molar refractivity (Wildman–Crippen MR) is 62.3 cm³/mol. The van der Waals surface area contributed by atoms with Gasteiger partial charge >= 0.3 is 6.01 Å². The van der Waals surface area contributed by atoms with E-state index in [9.17, 15) is 0 Å². The molecular weight excluding hydrogens is 204 g/mol. The standard InChI is InChI=1S/C11H20N4O/c1-8-4-5-15(9(2)6-8)11-14-13-10(16-11)7-12-3/h8-9,12H,4-7H2,1-3H3. The molecule has 1 aromatic rings. The third kappa shape index (κ3) is 2.35. The van der Waals surface area contributed by atoms with Crippen LogP contribution >= 0.6 is 0 Å². The first-order valence-corrected chi connectivity index (χ1v) is 5.94. The van der Waals surface area contributed by atoms with Gasteiger partial charge in [-0.2, -0.15) is 0 Å². The molecule has 0 spiro atoms. The third-order valence-corrected chi connectivity index (χ3v) is 3.17. The lowest BCUT2D eigenvalue weighted by Crippen LogP contribution is -2.40. The average Bonchev–Trinajstić information content (AvgIpc) is 2.67. The molecule has 0 aromatic carbocycles. The second-order valence-electron chi connectivity index (χ2n) is 4.68. The molecule has 0 saturated carbocycles. The van der Waals surface area contributed by atoms with Crippen molar-refractivity contribution in [1.82, 2.24) is 15.5 Å². The molecule has 1 aromatic heterocycles. The van der Waals surface area contributed by atoms with Gasteiger partial charge in [0.05, 0.1) is 6.54 Å². The van der Waals surface area contributed by atoms with Crippen molar-refractivity contribution in [2.24, 2.45) is 5.92 Å². The molecule has 0 bridgehead atoms. The predicted octanol–water partition coefficient (Wildman–Crippen LogP) is 1.41. The summed E-state index contributed by atoms with van der Waals surface area (Å²) in [5, 5.41) is 11.1. The zero-order chi connectivity index (χ0) is 11.5. The SMILES string of the molecule is CNCc1nnc(N2CCC(C)CC2C)o1. The summed E-state index contributed by atoms with van der Waals surface area (Å²) in [6.07, 6.45) is 2.40. The van der Waals surface area contributed by atoms with E-state index < -0.39 is 0 Å². The van der Waals surface area contributed by atoms with Crippen molar-refractivity contribution in [2.75, 3.05) is 18.5 Å². The maximum Gasteiger partial charge on any atom is 0.318 e. The van der Waals surface area contributed by atoms with Gasteiger partial charge in [0.2, 0.25) is 5.89 Å². The molecule has 2 heterocycles. The van der Waals surface area contributed by atoms with E-state index in [0.717, 1.165) is 12.5 Å². The molecule has 1 saturated heterocycles. The van der Waals surface area contributed by atoms with Crippen LogP contribution in [0.4, 0.5) is 6.01 Å². The molecule has 5 heteroatoms. The fraction of sp³-hybridized carbons (Fsp3) is 0.818. The van der Waals surface area contributed by atoms with Crippen LogP contribution in [-0.2, 0) is 6.54 Å². The lowest BCUT2D eigenvalue weighted by Gasteiger charge is -2.34. The van der Waals surface area contributed by atoms with Gasteiger partial charge in [-0.15, -0.1) is 5.10 Å². The van der Waals surface area contributed by atoms with E-state index >= 15 is 0 Å². The Balaban J connectivity index is 2.05. The minimum absolute atomic E-state index is 0.492. The van der Waals surface area contributed by atoms with Gasteiger partial charge in [0.25, 0.3) is 0 Å². The molecule has 2 atom stereocenters. The molecule has 2 unspecified atom stereocenters. The van der Waals surface area contributed by atoms with Crippen LogP contribution in [0.25, 0.3) is 0 Å². The number of hydrogen-bond acceptors (Lipinski definition) is 5. The third-order valence-electron chi connectivity index (χ3n) is 3.17. The zero-order valence-corrected chi connectivity index (χ0v) is 10.2. The summed E-state index contributed by atoms with van der Waals surface area (Å²) in [5.41, 5.74) is 0. The van der Waals surface area contributed by atoms with E-state index in [1.54, 1.807) is 0 Å². The number of piperidine rings is 1. The Hall–Kier alpha value is -1.10. The molecule has 0 radical (unpaired) electrons. The fourth-order valence-electron chi connectivity index (χ4n) is 2.27. The topological polar surface area (TPSA) is 54.2 Å². The highest BCUT2D eigenvalue weighted by Gasteiger charge is 2.26. The van der Waals surface area contributed by atoms with Crippen LogP contribution in [0.3, 0.4) is 0 Å². The highest BCUT2D eigenvalue weighted by atomic mass is 16.4. The number of anilines is 1. The first-order valence-electron chi connectivity index (χ1n) is 5.94. The molecule has 5 nitrogen and oxygen atoms in total. The quantitative estimate of drug-likeness (QED) is 0.841. The van der Waals surface area contributed by atoms with Gasteiger partial charge in [0, 0.05) is 12.6 Å². The summed E-state index contributed by atoms with van der Waals surface area (Å²) in [5.74, 6) is 1.45. The highest BCUT2D eigenvalue weighted by Crippen LogP contribution is 2.26. The van der Waals surface area contributed by atoms with Gasteiger partial charge in [-0.25, -0.2) is 0 Å². The van der Waals surface area contributed by atoms with Gasteiger partial charge in [-0.05, 0) is 32.7 Å². The Morgan fingerprint density at radius 2 is 2.25 bits per heavy atom. The highest BCUT2D eigenvalue weighted by molar-refractivity contribution is 5.27. The van der Waals surface area contributed by atoms with Crippen molar-refractivity contribution in [1.29, 1.82) is 0 Å². The first kappa shape index (κ1) is 11.4. The fourth-order valence-corrected chi connectivity index (χ4v) is 2.27. The second kappa shape index (κ2) is 4.82. The lowest BCUT2D eigenvalue weighted by molar-refractivity contribution is 0.352. The molecule has 1 N–H and O–H groups in total. The van der Waals surface area contributed by atoms with Crippen molar-refractivity contribution in [3.05, 3.63) is 5.89 Å². The Labute approximate surface area is 96.2 Å². The van der Waals surface area contributed by atoms with Gasteiger partial charge in [0.1, 0.15) is 0 Å². The molecule has 16 heavy (non-hydrogen) atoms. The van der Waals surface area contributed by atoms with E-state index in [-0.39, 0.29) is 0 Å². The molecule has 1 aliphatic heterocycles. The lowest BCUT2D eigenvalue weighted by atomic mass is 9.94. The molecule has 0 aliphatic carbocycles. The summed E-state index contributed by atoms with van der Waals surface area (Å²) in [7, 11) is 1.87. The Morgan fingerprint density at radius 3 is 2.94 bits per heavy atom. The van der Waals surface area contributed by atoms with Crippen LogP contribution in [-0.4, -0.2) is 29.8 Å². The summed E-state index contributed by atoms with van der Waals surface area (Å²) in [4.78, 5) is 2.21. The summed E-state index contributed by atoms with van der Waals surface area (Å²) >= 11 is 0. The van der Waals surface area contributed by atoms with E-state index in [1.807, 2.05) is 7.05 Å². The van der Waals surface area contributed by atoms with Crippen molar-refractivity contribution >= 4 is 6.01 Å². The molecule has 2 rings (SSSR count). The van der Waals surface area contributed by atoms with E-state index in [2.05, 4.69) is 34.3 Å². The minimum atomic E-state index is 0.492.